The van der Waals surface area contributed by atoms with Gasteiger partial charge in [0.1, 0.15) is 18.3 Å². The van der Waals surface area contributed by atoms with Gasteiger partial charge in [0.25, 0.3) is 0 Å². The van der Waals surface area contributed by atoms with E-state index in [9.17, 15) is 8.42 Å². The van der Waals surface area contributed by atoms with Crippen LogP contribution >= 0.6 is 0 Å². The van der Waals surface area contributed by atoms with Crippen LogP contribution in [0.3, 0.4) is 0 Å². The maximum absolute atomic E-state index is 13.4. The fraction of sp³-hybridized carbons (Fsp3) is 0.308. The van der Waals surface area contributed by atoms with Gasteiger partial charge in [0.15, 0.2) is 11.2 Å². The van der Waals surface area contributed by atoms with E-state index in [-0.39, 0.29) is 17.5 Å². The predicted molar refractivity (Wildman–Crippen MR) is 140 cm³/mol. The van der Waals surface area contributed by atoms with E-state index in [0.29, 0.717) is 30.0 Å². The minimum Gasteiger partial charge on any atom is -0.471 e. The van der Waals surface area contributed by atoms with Crippen LogP contribution in [0.15, 0.2) is 59.9 Å². The molecular weight excluding hydrogens is 490 g/mol. The highest BCUT2D eigenvalue weighted by Gasteiger charge is 2.34. The normalized spacial score (nSPS) is 16.7. The Morgan fingerprint density at radius 2 is 1.92 bits per heavy atom. The second kappa shape index (κ2) is 8.93. The van der Waals surface area contributed by atoms with Gasteiger partial charge in [0, 0.05) is 25.8 Å². The molecule has 0 N–H and O–H groups in total. The maximum Gasteiger partial charge on any atom is 0.245 e. The molecule has 0 aliphatic carbocycles. The Hall–Kier alpha value is -3.83. The van der Waals surface area contributed by atoms with Gasteiger partial charge < -0.3 is 9.30 Å². The number of aryl methyl sites for hydroxylation is 2. The molecule has 1 atom stereocenters. The first kappa shape index (κ1) is 23.6. The summed E-state index contributed by atoms with van der Waals surface area (Å²) in [6, 6.07) is 13.0. The van der Waals surface area contributed by atoms with Gasteiger partial charge >= 0.3 is 0 Å². The smallest absolute Gasteiger partial charge is 0.245 e. The molecule has 0 amide bonds. The summed E-state index contributed by atoms with van der Waals surface area (Å²) in [6.07, 6.45) is 3.47. The van der Waals surface area contributed by atoms with Crippen molar-refractivity contribution in [1.82, 2.24) is 33.6 Å². The van der Waals surface area contributed by atoms with Gasteiger partial charge in [0.05, 0.1) is 23.2 Å². The first-order valence-corrected chi connectivity index (χ1v) is 13.7. The van der Waals surface area contributed by atoms with Crippen LogP contribution in [0.4, 0.5) is 0 Å². The molecule has 37 heavy (non-hydrogen) atoms. The fourth-order valence-corrected chi connectivity index (χ4v) is 6.46. The minimum atomic E-state index is -3.65. The Kier molecular flexibility index (Phi) is 5.68. The molecule has 11 heteroatoms. The van der Waals surface area contributed by atoms with Gasteiger partial charge in [-0.05, 0) is 43.2 Å². The molecule has 6 rings (SSSR count). The summed E-state index contributed by atoms with van der Waals surface area (Å²) in [5.74, 6) is 1.08. The quantitative estimate of drug-likeness (QED) is 0.339. The monoisotopic (exact) mass is 517 g/mol. The third-order valence-electron chi connectivity index (χ3n) is 7.01. The first-order valence-electron chi connectivity index (χ1n) is 12.2. The van der Waals surface area contributed by atoms with Gasteiger partial charge in [-0.2, -0.15) is 14.4 Å². The average molecular weight is 518 g/mol. The van der Waals surface area contributed by atoms with Crippen molar-refractivity contribution in [2.24, 2.45) is 7.05 Å². The lowest BCUT2D eigenvalue weighted by Gasteiger charge is -2.17. The SMILES string of the molecule is CCn1ncc(-c2nc3c(O[C@H]4CCN(S(=O)(=O)c5ccc6ccccc6c5)C4)ncnc3n2C)c1C. The second-order valence-corrected chi connectivity index (χ2v) is 11.1. The Morgan fingerprint density at radius 1 is 1.11 bits per heavy atom. The Labute approximate surface area is 214 Å². The van der Waals surface area contributed by atoms with Crippen molar-refractivity contribution in [2.75, 3.05) is 13.1 Å². The number of sulfonamides is 1. The molecule has 0 bridgehead atoms. The van der Waals surface area contributed by atoms with E-state index in [0.717, 1.165) is 34.4 Å². The molecule has 1 saturated heterocycles. The zero-order valence-corrected chi connectivity index (χ0v) is 21.7. The number of fused-ring (bicyclic) bond motifs is 2. The topological polar surface area (TPSA) is 108 Å². The van der Waals surface area contributed by atoms with E-state index in [2.05, 4.69) is 15.1 Å². The van der Waals surface area contributed by atoms with Crippen LogP contribution in [0.25, 0.3) is 33.3 Å². The molecule has 190 valence electrons. The van der Waals surface area contributed by atoms with Crippen LogP contribution in [-0.4, -0.2) is 61.2 Å². The number of aromatic nitrogens is 6. The highest BCUT2D eigenvalue weighted by molar-refractivity contribution is 7.89. The van der Waals surface area contributed by atoms with Crippen molar-refractivity contribution in [3.05, 3.63) is 60.7 Å². The molecule has 10 nitrogen and oxygen atoms in total. The van der Waals surface area contributed by atoms with Gasteiger partial charge in [-0.3, -0.25) is 4.68 Å². The van der Waals surface area contributed by atoms with Crippen LogP contribution in [0.5, 0.6) is 5.88 Å². The van der Waals surface area contributed by atoms with Gasteiger partial charge in [-0.15, -0.1) is 0 Å². The van der Waals surface area contributed by atoms with Crippen LogP contribution in [0.2, 0.25) is 0 Å². The lowest BCUT2D eigenvalue weighted by atomic mass is 10.1. The molecule has 3 aromatic heterocycles. The highest BCUT2D eigenvalue weighted by atomic mass is 32.2. The maximum atomic E-state index is 13.4. The molecule has 0 unspecified atom stereocenters. The largest absolute Gasteiger partial charge is 0.471 e. The number of benzene rings is 2. The van der Waals surface area contributed by atoms with Crippen LogP contribution in [-0.2, 0) is 23.6 Å². The van der Waals surface area contributed by atoms with Gasteiger partial charge in [-0.1, -0.05) is 30.3 Å². The van der Waals surface area contributed by atoms with Crippen molar-refractivity contribution >= 4 is 32.0 Å². The molecular formula is C26H27N7O3S. The molecule has 0 saturated carbocycles. The number of nitrogens with zero attached hydrogens (tertiary/aromatic N) is 7. The summed E-state index contributed by atoms with van der Waals surface area (Å²) >= 11 is 0. The molecule has 1 aliphatic rings. The van der Waals surface area contributed by atoms with E-state index < -0.39 is 10.0 Å². The minimum absolute atomic E-state index is 0.239. The van der Waals surface area contributed by atoms with E-state index in [1.807, 2.05) is 60.5 Å². The summed E-state index contributed by atoms with van der Waals surface area (Å²) in [7, 11) is -1.75. The Balaban J connectivity index is 1.26. The Morgan fingerprint density at radius 3 is 2.70 bits per heavy atom. The number of hydrogen-bond donors (Lipinski definition) is 0. The second-order valence-electron chi connectivity index (χ2n) is 9.21. The number of ether oxygens (including phenoxy) is 1. The van der Waals surface area contributed by atoms with Crippen molar-refractivity contribution in [1.29, 1.82) is 0 Å². The van der Waals surface area contributed by atoms with Gasteiger partial charge in [0.2, 0.25) is 15.9 Å². The van der Waals surface area contributed by atoms with Crippen molar-refractivity contribution in [2.45, 2.75) is 37.8 Å². The van der Waals surface area contributed by atoms with Crippen molar-refractivity contribution in [3.63, 3.8) is 0 Å². The van der Waals surface area contributed by atoms with Crippen LogP contribution in [0.1, 0.15) is 19.0 Å². The molecule has 5 aromatic rings. The number of rotatable bonds is 6. The number of imidazole rings is 1. The lowest BCUT2D eigenvalue weighted by Crippen LogP contribution is -2.31. The fourth-order valence-electron chi connectivity index (χ4n) is 4.94. The highest BCUT2D eigenvalue weighted by Crippen LogP contribution is 2.31. The molecule has 1 fully saturated rings. The van der Waals surface area contributed by atoms with E-state index in [1.165, 1.54) is 10.6 Å². The van der Waals surface area contributed by atoms with Crippen LogP contribution < -0.4 is 4.74 Å². The third-order valence-corrected chi connectivity index (χ3v) is 8.87. The van der Waals surface area contributed by atoms with Crippen LogP contribution in [0, 0.1) is 6.92 Å². The zero-order chi connectivity index (χ0) is 25.7. The summed E-state index contributed by atoms with van der Waals surface area (Å²) in [5.41, 5.74) is 3.12. The Bertz CT molecular complexity index is 1740. The number of hydrogen-bond acceptors (Lipinski definition) is 7. The molecule has 4 heterocycles. The van der Waals surface area contributed by atoms with E-state index >= 15 is 0 Å². The third kappa shape index (κ3) is 3.94. The zero-order valence-electron chi connectivity index (χ0n) is 20.9. The molecule has 0 radical (unpaired) electrons. The molecule has 2 aromatic carbocycles. The predicted octanol–water partition coefficient (Wildman–Crippen LogP) is 3.55. The van der Waals surface area contributed by atoms with E-state index in [4.69, 9.17) is 9.72 Å². The lowest BCUT2D eigenvalue weighted by molar-refractivity contribution is 0.209. The molecule has 1 aliphatic heterocycles. The summed E-state index contributed by atoms with van der Waals surface area (Å²) in [6.45, 7) is 5.43. The van der Waals surface area contributed by atoms with Gasteiger partial charge in [-0.25, -0.2) is 18.4 Å². The standard InChI is InChI=1S/C26H27N7O3S/c1-4-33-17(2)22(14-29-33)24-30-23-25(31(24)3)27-16-28-26(23)36-20-11-12-32(15-20)37(34,35)21-10-9-18-7-5-6-8-19(18)13-21/h5-10,13-14,16,20H,4,11-12,15H2,1-3H3/t20-/m0/s1. The van der Waals surface area contributed by atoms with Crippen molar-refractivity contribution in [3.8, 4) is 17.3 Å². The van der Waals surface area contributed by atoms with E-state index in [1.54, 1.807) is 18.3 Å². The molecule has 0 spiro atoms. The van der Waals surface area contributed by atoms with Crippen molar-refractivity contribution < 1.29 is 13.2 Å². The summed E-state index contributed by atoms with van der Waals surface area (Å²) < 4.78 is 38.3. The first-order chi connectivity index (χ1) is 17.9. The summed E-state index contributed by atoms with van der Waals surface area (Å²) in [4.78, 5) is 13.8. The summed E-state index contributed by atoms with van der Waals surface area (Å²) in [5, 5.41) is 6.33. The average Bonchev–Trinajstić information content (AvgIpc) is 3.62.